The molecule has 0 atom stereocenters. The number of esters is 2. The molecule has 2 aromatic carbocycles. The third-order valence-electron chi connectivity index (χ3n) is 5.88. The summed E-state index contributed by atoms with van der Waals surface area (Å²) in [6.45, 7) is 4.87. The largest absolute Gasteiger partial charge is 0.423 e. The number of benzene rings is 2. The molecule has 0 bridgehead atoms. The number of rotatable bonds is 6. The number of allylic oxidation sites excluding steroid dienone is 5. The number of aliphatic imine (C=N–C) groups is 1. The van der Waals surface area contributed by atoms with E-state index in [0.717, 1.165) is 17.6 Å². The lowest BCUT2D eigenvalue weighted by atomic mass is 9.77. The summed E-state index contributed by atoms with van der Waals surface area (Å²) in [5.41, 5.74) is 2.73. The van der Waals surface area contributed by atoms with Gasteiger partial charge < -0.3 is 9.47 Å². The number of carbonyl (C=O) groups is 2. The van der Waals surface area contributed by atoms with E-state index in [0.29, 0.717) is 35.7 Å². The van der Waals surface area contributed by atoms with E-state index in [9.17, 15) is 9.59 Å². The highest BCUT2D eigenvalue weighted by atomic mass is 16.5. The summed E-state index contributed by atoms with van der Waals surface area (Å²) in [6.07, 6.45) is 13.0. The second-order valence-electron chi connectivity index (χ2n) is 8.59. The fourth-order valence-electron chi connectivity index (χ4n) is 3.79. The summed E-state index contributed by atoms with van der Waals surface area (Å²) in [4.78, 5) is 28.8. The second kappa shape index (κ2) is 10.3. The van der Waals surface area contributed by atoms with E-state index in [-0.39, 0.29) is 11.4 Å². The second-order valence-corrected chi connectivity index (χ2v) is 8.59. The molecule has 172 valence electrons. The summed E-state index contributed by atoms with van der Waals surface area (Å²) >= 11 is 0. The molecule has 1 heterocycles. The van der Waals surface area contributed by atoms with Gasteiger partial charge in [-0.25, -0.2) is 9.59 Å². The highest BCUT2D eigenvalue weighted by Gasteiger charge is 2.25. The molecule has 1 aliphatic heterocycles. The Morgan fingerprint density at radius 1 is 0.853 bits per heavy atom. The zero-order chi connectivity index (χ0) is 24.0. The van der Waals surface area contributed by atoms with Crippen molar-refractivity contribution in [2.45, 2.75) is 32.1 Å². The standard InChI is InChI=1S/C29H27NO4/c1-29(2,23-15-18-25(19-16-23)34-28(32)26-13-6-7-20-30-26)22-11-8-12-24(17-14-22)33-27(31)21-9-4-3-5-10-21/h3-6,9-19H,7-8,20H2,1-2H3. The van der Waals surface area contributed by atoms with Crippen LogP contribution in [0.2, 0.25) is 0 Å². The Hall–Kier alpha value is -3.99. The van der Waals surface area contributed by atoms with Gasteiger partial charge in [0.15, 0.2) is 0 Å². The zero-order valence-electron chi connectivity index (χ0n) is 19.4. The van der Waals surface area contributed by atoms with Crippen molar-refractivity contribution in [1.82, 2.24) is 0 Å². The Morgan fingerprint density at radius 2 is 1.62 bits per heavy atom. The first kappa shape index (κ1) is 23.2. The van der Waals surface area contributed by atoms with Crippen molar-refractivity contribution in [2.24, 2.45) is 4.99 Å². The molecule has 0 saturated heterocycles. The zero-order valence-corrected chi connectivity index (χ0v) is 19.4. The molecule has 0 saturated carbocycles. The number of nitrogens with zero attached hydrogens (tertiary/aromatic N) is 1. The number of ether oxygens (including phenoxy) is 2. The van der Waals surface area contributed by atoms with Crippen molar-refractivity contribution >= 4 is 17.7 Å². The van der Waals surface area contributed by atoms with Crippen LogP contribution in [0.4, 0.5) is 0 Å². The van der Waals surface area contributed by atoms with Crippen molar-refractivity contribution in [3.8, 4) is 5.75 Å². The monoisotopic (exact) mass is 453 g/mol. The van der Waals surface area contributed by atoms with Crippen molar-refractivity contribution in [2.75, 3.05) is 6.54 Å². The molecule has 2 aliphatic rings. The molecule has 1 aliphatic carbocycles. The molecule has 0 spiro atoms. The highest BCUT2D eigenvalue weighted by molar-refractivity contribution is 6.41. The van der Waals surface area contributed by atoms with Crippen molar-refractivity contribution in [1.29, 1.82) is 0 Å². The maximum Gasteiger partial charge on any atom is 0.361 e. The van der Waals surface area contributed by atoms with Crippen LogP contribution in [0.3, 0.4) is 0 Å². The molecule has 0 radical (unpaired) electrons. The molecule has 0 unspecified atom stereocenters. The molecular formula is C29H27NO4. The van der Waals surface area contributed by atoms with Crippen molar-refractivity contribution in [3.63, 3.8) is 0 Å². The number of carbonyl (C=O) groups excluding carboxylic acids is 2. The molecule has 0 amide bonds. The van der Waals surface area contributed by atoms with Gasteiger partial charge in [-0.15, -0.1) is 0 Å². The quantitative estimate of drug-likeness (QED) is 0.404. The topological polar surface area (TPSA) is 65.0 Å². The first-order valence-electron chi connectivity index (χ1n) is 11.3. The summed E-state index contributed by atoms with van der Waals surface area (Å²) in [6, 6.07) is 16.5. The van der Waals surface area contributed by atoms with E-state index in [1.165, 1.54) is 0 Å². The average Bonchev–Trinajstić information content (AvgIpc) is 3.11. The normalized spacial score (nSPS) is 15.5. The van der Waals surface area contributed by atoms with E-state index >= 15 is 0 Å². The Morgan fingerprint density at radius 3 is 2.32 bits per heavy atom. The number of dihydropyridines is 1. The summed E-state index contributed by atoms with van der Waals surface area (Å²) in [5, 5.41) is 0. The van der Waals surface area contributed by atoms with Gasteiger partial charge in [-0.2, -0.15) is 0 Å². The lowest BCUT2D eigenvalue weighted by Crippen LogP contribution is -2.21. The van der Waals surface area contributed by atoms with Crippen LogP contribution in [-0.2, 0) is 14.9 Å². The fourth-order valence-corrected chi connectivity index (χ4v) is 3.79. The van der Waals surface area contributed by atoms with E-state index < -0.39 is 5.97 Å². The van der Waals surface area contributed by atoms with Gasteiger partial charge in [0, 0.05) is 12.0 Å². The molecule has 0 aromatic heterocycles. The molecule has 0 N–H and O–H groups in total. The van der Waals surface area contributed by atoms with E-state index in [1.807, 2.05) is 54.6 Å². The first-order chi connectivity index (χ1) is 16.4. The van der Waals surface area contributed by atoms with Gasteiger partial charge in [0.05, 0.1) is 5.56 Å². The van der Waals surface area contributed by atoms with Gasteiger partial charge >= 0.3 is 11.9 Å². The summed E-state index contributed by atoms with van der Waals surface area (Å²) in [5.74, 6) is 0.186. The average molecular weight is 454 g/mol. The van der Waals surface area contributed by atoms with Gasteiger partial charge in [0.1, 0.15) is 17.2 Å². The van der Waals surface area contributed by atoms with Crippen LogP contribution in [0.5, 0.6) is 5.75 Å². The van der Waals surface area contributed by atoms with Gasteiger partial charge in [-0.05, 0) is 66.5 Å². The van der Waals surface area contributed by atoms with Gasteiger partial charge in [0.25, 0.3) is 0 Å². The molecule has 5 nitrogen and oxygen atoms in total. The Labute approximate surface area is 199 Å². The highest BCUT2D eigenvalue weighted by Crippen LogP contribution is 2.35. The number of hydrogen-bond donors (Lipinski definition) is 0. The molecule has 0 fully saturated rings. The Kier molecular flexibility index (Phi) is 7.02. The summed E-state index contributed by atoms with van der Waals surface area (Å²) in [7, 11) is 0. The predicted octanol–water partition coefficient (Wildman–Crippen LogP) is 5.90. The smallest absolute Gasteiger partial charge is 0.361 e. The van der Waals surface area contributed by atoms with E-state index in [2.05, 4.69) is 24.9 Å². The minimum atomic E-state index is -0.443. The van der Waals surface area contributed by atoms with E-state index in [4.69, 9.17) is 9.47 Å². The minimum absolute atomic E-state index is 0.304. The van der Waals surface area contributed by atoms with Crippen LogP contribution in [-0.4, -0.2) is 24.2 Å². The van der Waals surface area contributed by atoms with Gasteiger partial charge in [0.2, 0.25) is 0 Å². The summed E-state index contributed by atoms with van der Waals surface area (Å²) < 4.78 is 11.0. The molecular weight excluding hydrogens is 426 g/mol. The van der Waals surface area contributed by atoms with Crippen molar-refractivity contribution < 1.29 is 19.1 Å². The first-order valence-corrected chi connectivity index (χ1v) is 11.3. The van der Waals surface area contributed by atoms with Gasteiger partial charge in [-0.1, -0.05) is 62.4 Å². The lowest BCUT2D eigenvalue weighted by Gasteiger charge is -2.27. The third kappa shape index (κ3) is 5.49. The van der Waals surface area contributed by atoms with Crippen LogP contribution in [0.15, 0.2) is 107 Å². The predicted molar refractivity (Wildman–Crippen MR) is 133 cm³/mol. The van der Waals surface area contributed by atoms with Crippen molar-refractivity contribution in [3.05, 3.63) is 114 Å². The molecule has 4 rings (SSSR count). The number of hydrogen-bond acceptors (Lipinski definition) is 5. The Bertz CT molecular complexity index is 1210. The molecule has 2 aromatic rings. The fraction of sp³-hybridized carbons (Fsp3) is 0.207. The van der Waals surface area contributed by atoms with Crippen LogP contribution in [0.1, 0.15) is 42.6 Å². The minimum Gasteiger partial charge on any atom is -0.423 e. The molecule has 34 heavy (non-hydrogen) atoms. The SMILES string of the molecule is CC(C)(C1=CCC=C(OC(=O)c2ccccc2)C=C1)c1ccc(OC(=O)C2=NCCC=C2)cc1. The third-order valence-corrected chi connectivity index (χ3v) is 5.88. The lowest BCUT2D eigenvalue weighted by molar-refractivity contribution is -0.126. The van der Waals surface area contributed by atoms with Gasteiger partial charge in [-0.3, -0.25) is 4.99 Å². The van der Waals surface area contributed by atoms with E-state index in [1.54, 1.807) is 30.3 Å². The maximum absolute atomic E-state index is 12.4. The Balaban J connectivity index is 1.41. The molecule has 5 heteroatoms. The van der Waals surface area contributed by atoms with Crippen LogP contribution < -0.4 is 4.74 Å². The van der Waals surface area contributed by atoms with Crippen LogP contribution >= 0.6 is 0 Å². The van der Waals surface area contributed by atoms with Crippen LogP contribution in [0, 0.1) is 0 Å². The van der Waals surface area contributed by atoms with Crippen LogP contribution in [0.25, 0.3) is 0 Å². The maximum atomic E-state index is 12.4.